The minimum atomic E-state index is -1.16. The topological polar surface area (TPSA) is 104 Å². The number of rotatable bonds is 4. The van der Waals surface area contributed by atoms with Gasteiger partial charge in [0.2, 0.25) is 5.91 Å². The van der Waals surface area contributed by atoms with Crippen LogP contribution in [0.25, 0.3) is 0 Å². The van der Waals surface area contributed by atoms with Crippen molar-refractivity contribution in [3.8, 4) is 0 Å². The summed E-state index contributed by atoms with van der Waals surface area (Å²) in [6.07, 6.45) is -1.16. The second-order valence-corrected chi connectivity index (χ2v) is 6.32. The molecule has 1 aromatic carbocycles. The summed E-state index contributed by atoms with van der Waals surface area (Å²) in [5.74, 6) is -0.299. The number of carbonyl (C=O) groups is 2. The molecule has 0 aromatic heterocycles. The molecule has 0 aliphatic heterocycles. The van der Waals surface area contributed by atoms with Gasteiger partial charge in [0.25, 0.3) is 0 Å². The summed E-state index contributed by atoms with van der Waals surface area (Å²) >= 11 is 2.12. The Bertz CT molecular complexity index is 532. The number of hydrogen-bond acceptors (Lipinski definition) is 3. The molecule has 1 aromatic rings. The van der Waals surface area contributed by atoms with Crippen LogP contribution in [0.5, 0.6) is 0 Å². The van der Waals surface area contributed by atoms with Gasteiger partial charge in [0, 0.05) is 9.61 Å². The summed E-state index contributed by atoms with van der Waals surface area (Å²) in [6, 6.07) is 4.78. The van der Waals surface area contributed by atoms with E-state index in [4.69, 9.17) is 10.8 Å². The molecule has 1 rings (SSSR count). The van der Waals surface area contributed by atoms with Crippen LogP contribution < -0.4 is 16.4 Å². The van der Waals surface area contributed by atoms with Crippen LogP contribution in [0.1, 0.15) is 20.8 Å². The van der Waals surface area contributed by atoms with Gasteiger partial charge in [-0.15, -0.1) is 0 Å². The minimum absolute atomic E-state index is 0.299. The molecule has 0 heterocycles. The lowest BCUT2D eigenvalue weighted by atomic mass is 9.84. The lowest BCUT2D eigenvalue weighted by molar-refractivity contribution is -0.125. The van der Waals surface area contributed by atoms with Crippen LogP contribution in [-0.2, 0) is 4.79 Å². The Morgan fingerprint density at radius 3 is 2.55 bits per heavy atom. The largest absolute Gasteiger partial charge is 0.465 e. The van der Waals surface area contributed by atoms with E-state index in [1.54, 1.807) is 32.9 Å². The molecular weight excluding hydrogens is 373 g/mol. The van der Waals surface area contributed by atoms with Crippen LogP contribution in [0, 0.1) is 8.99 Å². The van der Waals surface area contributed by atoms with E-state index in [-0.39, 0.29) is 5.91 Å². The second kappa shape index (κ2) is 6.29. The maximum absolute atomic E-state index is 12.3. The highest BCUT2D eigenvalue weighted by Gasteiger charge is 2.35. The molecular formula is C13H18IN3O3. The molecule has 0 aliphatic rings. The van der Waals surface area contributed by atoms with E-state index >= 15 is 0 Å². The fourth-order valence-electron chi connectivity index (χ4n) is 1.48. The van der Waals surface area contributed by atoms with Crippen molar-refractivity contribution in [3.05, 3.63) is 21.8 Å². The molecule has 0 saturated heterocycles. The number of carboxylic acid groups (broad SMARTS) is 1. The quantitative estimate of drug-likeness (QED) is 0.468. The summed E-state index contributed by atoms with van der Waals surface area (Å²) in [5, 5.41) is 13.8. The number of anilines is 2. The predicted octanol–water partition coefficient (Wildman–Crippen LogP) is 2.49. The maximum Gasteiger partial charge on any atom is 0.404 e. The molecule has 0 radical (unpaired) electrons. The van der Waals surface area contributed by atoms with Crippen LogP contribution in [0.4, 0.5) is 16.2 Å². The first-order chi connectivity index (χ1) is 9.14. The van der Waals surface area contributed by atoms with Crippen molar-refractivity contribution in [2.24, 2.45) is 5.41 Å². The third-order valence-electron chi connectivity index (χ3n) is 3.27. The highest BCUT2D eigenvalue weighted by atomic mass is 127. The van der Waals surface area contributed by atoms with Gasteiger partial charge in [-0.2, -0.15) is 0 Å². The van der Waals surface area contributed by atoms with E-state index in [9.17, 15) is 9.59 Å². The monoisotopic (exact) mass is 391 g/mol. The summed E-state index contributed by atoms with van der Waals surface area (Å²) in [6.45, 7) is 4.99. The molecule has 2 amide bonds. The SMILES string of the molecule is CC(NC(=O)O)C(C)(C)C(=O)Nc1cc(I)ccc1N. The first kappa shape index (κ1) is 16.5. The number of nitrogens with one attached hydrogen (secondary N) is 2. The molecule has 0 saturated carbocycles. The first-order valence-electron chi connectivity index (χ1n) is 6.00. The van der Waals surface area contributed by atoms with Crippen molar-refractivity contribution in [1.82, 2.24) is 5.32 Å². The van der Waals surface area contributed by atoms with E-state index in [1.807, 2.05) is 6.07 Å². The van der Waals surface area contributed by atoms with Crippen LogP contribution in [-0.4, -0.2) is 23.1 Å². The average Bonchev–Trinajstić information content (AvgIpc) is 2.32. The fourth-order valence-corrected chi connectivity index (χ4v) is 1.97. The van der Waals surface area contributed by atoms with Crippen molar-refractivity contribution < 1.29 is 14.7 Å². The smallest absolute Gasteiger partial charge is 0.404 e. The Morgan fingerprint density at radius 2 is 2.00 bits per heavy atom. The normalized spacial score (nSPS) is 12.6. The molecule has 6 nitrogen and oxygen atoms in total. The Labute approximate surface area is 131 Å². The lowest BCUT2D eigenvalue weighted by Crippen LogP contribution is -2.48. The summed E-state index contributed by atoms with van der Waals surface area (Å²) in [4.78, 5) is 23.0. The first-order valence-corrected chi connectivity index (χ1v) is 7.08. The summed E-state index contributed by atoms with van der Waals surface area (Å²) in [7, 11) is 0. The maximum atomic E-state index is 12.3. The lowest BCUT2D eigenvalue weighted by Gasteiger charge is -2.30. The number of benzene rings is 1. The van der Waals surface area contributed by atoms with Crippen molar-refractivity contribution >= 4 is 46.0 Å². The molecule has 5 N–H and O–H groups in total. The predicted molar refractivity (Wildman–Crippen MR) is 86.6 cm³/mol. The van der Waals surface area contributed by atoms with Crippen molar-refractivity contribution in [1.29, 1.82) is 0 Å². The van der Waals surface area contributed by atoms with Gasteiger partial charge in [-0.1, -0.05) is 0 Å². The Morgan fingerprint density at radius 1 is 1.40 bits per heavy atom. The summed E-state index contributed by atoms with van der Waals surface area (Å²) in [5.41, 5.74) is 5.89. The standard InChI is InChI=1S/C13H18IN3O3/c1-7(16-12(19)20)13(2,3)11(18)17-10-6-8(14)4-5-9(10)15/h4-7,16H,15H2,1-3H3,(H,17,18)(H,19,20). The van der Waals surface area contributed by atoms with Crippen LogP contribution in [0.15, 0.2) is 18.2 Å². The number of halogens is 1. The zero-order valence-electron chi connectivity index (χ0n) is 11.5. The van der Waals surface area contributed by atoms with Gasteiger partial charge in [0.15, 0.2) is 0 Å². The zero-order chi connectivity index (χ0) is 15.5. The van der Waals surface area contributed by atoms with E-state index in [1.165, 1.54) is 0 Å². The Balaban J connectivity index is 2.89. The van der Waals surface area contributed by atoms with Crippen molar-refractivity contribution in [3.63, 3.8) is 0 Å². The zero-order valence-corrected chi connectivity index (χ0v) is 13.7. The molecule has 0 fully saturated rings. The molecule has 0 bridgehead atoms. The minimum Gasteiger partial charge on any atom is -0.465 e. The molecule has 1 unspecified atom stereocenters. The van der Waals surface area contributed by atoms with Gasteiger partial charge < -0.3 is 21.5 Å². The molecule has 20 heavy (non-hydrogen) atoms. The van der Waals surface area contributed by atoms with E-state index < -0.39 is 17.6 Å². The van der Waals surface area contributed by atoms with Gasteiger partial charge in [0.1, 0.15) is 0 Å². The van der Waals surface area contributed by atoms with Crippen LogP contribution in [0.3, 0.4) is 0 Å². The van der Waals surface area contributed by atoms with Crippen LogP contribution in [0.2, 0.25) is 0 Å². The fraction of sp³-hybridized carbons (Fsp3) is 0.385. The third kappa shape index (κ3) is 3.99. The average molecular weight is 391 g/mol. The number of carbonyl (C=O) groups excluding carboxylic acids is 1. The molecule has 0 spiro atoms. The van der Waals surface area contributed by atoms with E-state index in [2.05, 4.69) is 33.2 Å². The Kier molecular flexibility index (Phi) is 5.21. The van der Waals surface area contributed by atoms with Gasteiger partial charge in [-0.25, -0.2) is 4.79 Å². The molecule has 0 aliphatic carbocycles. The second-order valence-electron chi connectivity index (χ2n) is 5.08. The van der Waals surface area contributed by atoms with Gasteiger partial charge in [-0.3, -0.25) is 4.79 Å². The van der Waals surface area contributed by atoms with E-state index in [0.29, 0.717) is 11.4 Å². The number of nitrogen functional groups attached to an aromatic ring is 1. The van der Waals surface area contributed by atoms with Gasteiger partial charge in [-0.05, 0) is 61.6 Å². The summed E-state index contributed by atoms with van der Waals surface area (Å²) < 4.78 is 0.946. The molecule has 110 valence electrons. The van der Waals surface area contributed by atoms with E-state index in [0.717, 1.165) is 3.57 Å². The van der Waals surface area contributed by atoms with Gasteiger partial charge >= 0.3 is 6.09 Å². The third-order valence-corrected chi connectivity index (χ3v) is 3.94. The number of nitrogens with two attached hydrogens (primary N) is 1. The Hall–Kier alpha value is -1.51. The number of hydrogen-bond donors (Lipinski definition) is 4. The van der Waals surface area contributed by atoms with Crippen molar-refractivity contribution in [2.45, 2.75) is 26.8 Å². The highest BCUT2D eigenvalue weighted by Crippen LogP contribution is 2.26. The van der Waals surface area contributed by atoms with Gasteiger partial charge in [0.05, 0.1) is 16.8 Å². The molecule has 7 heteroatoms. The number of amides is 2. The molecule has 1 atom stereocenters. The van der Waals surface area contributed by atoms with Crippen molar-refractivity contribution in [2.75, 3.05) is 11.1 Å². The highest BCUT2D eigenvalue weighted by molar-refractivity contribution is 14.1. The van der Waals surface area contributed by atoms with Crippen LogP contribution >= 0.6 is 22.6 Å².